The lowest BCUT2D eigenvalue weighted by atomic mass is 9.86. The number of rotatable bonds is 1. The molecule has 0 radical (unpaired) electrons. The molecule has 146 valence electrons. The highest BCUT2D eigenvalue weighted by Gasteiger charge is 2.58. The van der Waals surface area contributed by atoms with Crippen molar-refractivity contribution in [2.24, 2.45) is 4.99 Å². The zero-order chi connectivity index (χ0) is 20.2. The molecule has 1 amide bonds. The molecular weight excluding hydrogens is 378 g/mol. The average molecular weight is 397 g/mol. The second kappa shape index (κ2) is 5.91. The number of nitrogens with one attached hydrogen (secondary N) is 1. The van der Waals surface area contributed by atoms with E-state index in [4.69, 9.17) is 9.84 Å². The van der Waals surface area contributed by atoms with Crippen LogP contribution >= 0.6 is 0 Å². The third-order valence-corrected chi connectivity index (χ3v) is 8.27. The third-order valence-electron chi connectivity index (χ3n) is 5.21. The number of fused-ring (bicyclic) bond motifs is 3. The van der Waals surface area contributed by atoms with Crippen molar-refractivity contribution in [1.82, 2.24) is 5.32 Å². The van der Waals surface area contributed by atoms with Gasteiger partial charge < -0.3 is 9.84 Å². The Balaban J connectivity index is 2.34. The summed E-state index contributed by atoms with van der Waals surface area (Å²) in [6.45, 7) is 4.40. The minimum atomic E-state index is -3.92. The highest BCUT2D eigenvalue weighted by molar-refractivity contribution is 7.94. The van der Waals surface area contributed by atoms with Crippen molar-refractivity contribution in [3.63, 3.8) is 0 Å². The van der Waals surface area contributed by atoms with E-state index in [0.717, 1.165) is 0 Å². The largest absolute Gasteiger partial charge is 0.493 e. The van der Waals surface area contributed by atoms with E-state index >= 15 is 0 Å². The SMILES string of the molecule is CC1(C)C(NC(=O)O)=N[C@]2(C)c3cc([N+](=O)[O-])ccc3OCCC2S1(=O)=O. The minimum absolute atomic E-state index is 0.0948. The number of non-ortho nitro benzene ring substituents is 1. The molecule has 2 aliphatic heterocycles. The number of nitro benzene ring substituents is 1. The monoisotopic (exact) mass is 397 g/mol. The molecule has 0 saturated heterocycles. The van der Waals surface area contributed by atoms with Crippen molar-refractivity contribution in [3.8, 4) is 5.75 Å². The number of nitro groups is 1. The Labute approximate surface area is 155 Å². The first kappa shape index (κ1) is 19.1. The van der Waals surface area contributed by atoms with Crippen LogP contribution in [0.4, 0.5) is 10.5 Å². The van der Waals surface area contributed by atoms with E-state index in [-0.39, 0.29) is 30.1 Å². The Bertz CT molecular complexity index is 970. The minimum Gasteiger partial charge on any atom is -0.493 e. The predicted molar refractivity (Wildman–Crippen MR) is 95.9 cm³/mol. The molecule has 1 aromatic rings. The molecule has 2 atom stereocenters. The highest BCUT2D eigenvalue weighted by Crippen LogP contribution is 2.48. The molecule has 2 heterocycles. The quantitative estimate of drug-likeness (QED) is 0.542. The maximum Gasteiger partial charge on any atom is 0.410 e. The Hall–Kier alpha value is -2.69. The summed E-state index contributed by atoms with van der Waals surface area (Å²) in [4.78, 5) is 26.3. The molecule has 2 aliphatic rings. The lowest BCUT2D eigenvalue weighted by Gasteiger charge is -2.43. The van der Waals surface area contributed by atoms with Crippen molar-refractivity contribution in [2.75, 3.05) is 6.61 Å². The second-order valence-corrected chi connectivity index (χ2v) is 9.84. The van der Waals surface area contributed by atoms with Gasteiger partial charge in [-0.15, -0.1) is 0 Å². The van der Waals surface area contributed by atoms with Crippen LogP contribution in [0.1, 0.15) is 32.8 Å². The fourth-order valence-corrected chi connectivity index (χ4v) is 5.88. The first-order chi connectivity index (χ1) is 12.4. The summed E-state index contributed by atoms with van der Waals surface area (Å²) in [5.41, 5.74) is -1.43. The summed E-state index contributed by atoms with van der Waals surface area (Å²) in [6, 6.07) is 3.92. The summed E-state index contributed by atoms with van der Waals surface area (Å²) >= 11 is 0. The van der Waals surface area contributed by atoms with Gasteiger partial charge in [0.25, 0.3) is 5.69 Å². The van der Waals surface area contributed by atoms with Crippen molar-refractivity contribution in [3.05, 3.63) is 33.9 Å². The van der Waals surface area contributed by atoms with Crippen LogP contribution in [0.3, 0.4) is 0 Å². The smallest absolute Gasteiger partial charge is 0.410 e. The topological polar surface area (TPSA) is 148 Å². The number of amides is 1. The van der Waals surface area contributed by atoms with E-state index in [1.54, 1.807) is 0 Å². The number of sulfone groups is 1. The van der Waals surface area contributed by atoms with Crippen LogP contribution in [0, 0.1) is 10.1 Å². The molecule has 0 fully saturated rings. The van der Waals surface area contributed by atoms with E-state index in [1.807, 2.05) is 0 Å². The standard InChI is InChI=1S/C16H19N3O7S/c1-15(2)13(17-14(20)21)18-16(3)10-8-9(19(22)23)4-5-11(10)26-7-6-12(16)27(15,24)25/h4-5,8,12H,6-7H2,1-3H3,(H,17,18)(H,20,21)/t12?,16-/m1/s1. The van der Waals surface area contributed by atoms with Crippen molar-refractivity contribution < 1.29 is 28.0 Å². The number of ether oxygens (including phenoxy) is 1. The van der Waals surface area contributed by atoms with E-state index in [1.165, 1.54) is 39.0 Å². The molecule has 0 saturated carbocycles. The van der Waals surface area contributed by atoms with Crippen molar-refractivity contribution >= 4 is 27.5 Å². The van der Waals surface area contributed by atoms with Gasteiger partial charge in [0.1, 0.15) is 21.9 Å². The summed E-state index contributed by atoms with van der Waals surface area (Å²) < 4.78 is 30.7. The van der Waals surface area contributed by atoms with Gasteiger partial charge in [-0.3, -0.25) is 20.4 Å². The number of aliphatic imine (C=N–C) groups is 1. The first-order valence-corrected chi connectivity index (χ1v) is 9.71. The van der Waals surface area contributed by atoms with Gasteiger partial charge in [-0.25, -0.2) is 13.2 Å². The van der Waals surface area contributed by atoms with Gasteiger partial charge in [-0.2, -0.15) is 0 Å². The second-order valence-electron chi connectivity index (χ2n) is 7.16. The van der Waals surface area contributed by atoms with Gasteiger partial charge >= 0.3 is 6.09 Å². The zero-order valence-corrected chi connectivity index (χ0v) is 15.7. The number of nitrogens with zero attached hydrogens (tertiary/aromatic N) is 2. The normalized spacial score (nSPS) is 27.8. The molecule has 1 aromatic carbocycles. The number of hydrogen-bond donors (Lipinski definition) is 2. The van der Waals surface area contributed by atoms with Gasteiger partial charge in [0, 0.05) is 24.1 Å². The fraction of sp³-hybridized carbons (Fsp3) is 0.500. The van der Waals surface area contributed by atoms with Crippen LogP contribution in [0.25, 0.3) is 0 Å². The van der Waals surface area contributed by atoms with Gasteiger partial charge in [-0.1, -0.05) is 0 Å². The first-order valence-electron chi connectivity index (χ1n) is 8.16. The number of carboxylic acid groups (broad SMARTS) is 1. The van der Waals surface area contributed by atoms with Crippen LogP contribution in [-0.2, 0) is 15.4 Å². The van der Waals surface area contributed by atoms with Crippen molar-refractivity contribution in [1.29, 1.82) is 0 Å². The Morgan fingerprint density at radius 2 is 2.07 bits per heavy atom. The Kier molecular flexibility index (Phi) is 4.18. The van der Waals surface area contributed by atoms with Gasteiger partial charge in [0.2, 0.25) is 0 Å². The zero-order valence-electron chi connectivity index (χ0n) is 14.9. The molecular formula is C16H19N3O7S. The third kappa shape index (κ3) is 2.73. The molecule has 0 aromatic heterocycles. The molecule has 2 N–H and O–H groups in total. The predicted octanol–water partition coefficient (Wildman–Crippen LogP) is 1.83. The molecule has 11 heteroatoms. The van der Waals surface area contributed by atoms with Crippen LogP contribution in [0.2, 0.25) is 0 Å². The van der Waals surface area contributed by atoms with Gasteiger partial charge in [0.05, 0.1) is 16.8 Å². The van der Waals surface area contributed by atoms with Crippen molar-refractivity contribution in [2.45, 2.75) is 42.7 Å². The number of hydrogen-bond acceptors (Lipinski definition) is 7. The number of carbonyl (C=O) groups is 1. The van der Waals surface area contributed by atoms with Crippen LogP contribution < -0.4 is 10.1 Å². The van der Waals surface area contributed by atoms with Gasteiger partial charge in [-0.05, 0) is 26.8 Å². The van der Waals surface area contributed by atoms with E-state index < -0.39 is 36.4 Å². The van der Waals surface area contributed by atoms with E-state index in [2.05, 4.69) is 10.3 Å². The van der Waals surface area contributed by atoms with Crippen LogP contribution in [-0.4, -0.2) is 47.0 Å². The summed E-state index contributed by atoms with van der Waals surface area (Å²) in [6.07, 6.45) is -1.32. The molecule has 3 rings (SSSR count). The molecule has 10 nitrogen and oxygen atoms in total. The Morgan fingerprint density at radius 3 is 2.67 bits per heavy atom. The Morgan fingerprint density at radius 1 is 1.41 bits per heavy atom. The molecule has 1 unspecified atom stereocenters. The lowest BCUT2D eigenvalue weighted by molar-refractivity contribution is -0.385. The van der Waals surface area contributed by atoms with Gasteiger partial charge in [0.15, 0.2) is 9.84 Å². The summed E-state index contributed by atoms with van der Waals surface area (Å²) in [5.74, 6) is 0.0621. The van der Waals surface area contributed by atoms with E-state index in [9.17, 15) is 23.3 Å². The lowest BCUT2D eigenvalue weighted by Crippen LogP contribution is -2.61. The van der Waals surface area contributed by atoms with Crippen LogP contribution in [0.5, 0.6) is 5.75 Å². The maximum atomic E-state index is 13.3. The molecule has 0 aliphatic carbocycles. The fourth-order valence-electron chi connectivity index (χ4n) is 3.61. The van der Waals surface area contributed by atoms with Crippen LogP contribution in [0.15, 0.2) is 23.2 Å². The molecule has 27 heavy (non-hydrogen) atoms. The average Bonchev–Trinajstić information content (AvgIpc) is 2.69. The summed E-state index contributed by atoms with van der Waals surface area (Å²) in [7, 11) is -3.92. The molecule has 0 bridgehead atoms. The summed E-state index contributed by atoms with van der Waals surface area (Å²) in [5, 5.41) is 21.4. The molecule has 0 spiro atoms. The highest BCUT2D eigenvalue weighted by atomic mass is 32.2. The number of amidine groups is 1. The number of benzene rings is 1. The maximum absolute atomic E-state index is 13.3. The van der Waals surface area contributed by atoms with E-state index in [0.29, 0.717) is 5.75 Å².